The largest absolute Gasteiger partial charge is 0.466 e. The van der Waals surface area contributed by atoms with Crippen molar-refractivity contribution < 1.29 is 23.8 Å². The molecule has 0 saturated carbocycles. The molecule has 1 heterocycles. The Kier molecular flexibility index (Phi) is 7.16. The molecule has 1 atom stereocenters. The normalized spacial score (nSPS) is 12.8. The molecular weight excluding hydrogens is 300 g/mol. The van der Waals surface area contributed by atoms with Gasteiger partial charge in [-0.15, -0.1) is 0 Å². The average Bonchev–Trinajstić information content (AvgIpc) is 2.55. The molecule has 1 aromatic rings. The van der Waals surface area contributed by atoms with E-state index in [-0.39, 0.29) is 31.8 Å². The van der Waals surface area contributed by atoms with Gasteiger partial charge in [-0.05, 0) is 26.0 Å². The van der Waals surface area contributed by atoms with Crippen LogP contribution in [0.1, 0.15) is 36.3 Å². The Morgan fingerprint density at radius 3 is 2.43 bits per heavy atom. The lowest BCUT2D eigenvalue weighted by Crippen LogP contribution is -2.34. The summed E-state index contributed by atoms with van der Waals surface area (Å²) in [5, 5.41) is 9.57. The highest BCUT2D eigenvalue weighted by Crippen LogP contribution is 2.27. The Morgan fingerprint density at radius 1 is 1.26 bits per heavy atom. The Labute approximate surface area is 135 Å². The number of esters is 2. The van der Waals surface area contributed by atoms with Crippen molar-refractivity contribution in [1.82, 2.24) is 4.98 Å². The number of rotatable bonds is 8. The number of ether oxygens (including phenoxy) is 3. The molecule has 0 N–H and O–H groups in total. The molecular formula is C16H20N2O5. The number of carbonyl (C=O) groups excluding carboxylic acids is 2. The standard InChI is InChI=1S/C16H20N2O5/c1-4-22-14(19)8-16(10-17,11-21-3)13-7-6-12(9-18-13)15(20)23-5-2/h6-7,9H,4-5,8,11H2,1-3H3. The third-order valence-corrected chi connectivity index (χ3v) is 3.12. The van der Waals surface area contributed by atoms with Crippen LogP contribution in [-0.2, 0) is 24.4 Å². The van der Waals surface area contributed by atoms with Gasteiger partial charge in [-0.25, -0.2) is 4.79 Å². The fraction of sp³-hybridized carbons (Fsp3) is 0.500. The number of pyridine rings is 1. The first-order valence-electron chi connectivity index (χ1n) is 7.22. The molecule has 0 saturated heterocycles. The first-order valence-corrected chi connectivity index (χ1v) is 7.22. The molecule has 0 aliphatic heterocycles. The van der Waals surface area contributed by atoms with Gasteiger partial charge in [0.2, 0.25) is 0 Å². The molecule has 1 aromatic heterocycles. The zero-order valence-corrected chi connectivity index (χ0v) is 13.5. The lowest BCUT2D eigenvalue weighted by Gasteiger charge is -2.24. The topological polar surface area (TPSA) is 98.5 Å². The molecule has 0 fully saturated rings. The minimum atomic E-state index is -1.27. The number of hydrogen-bond donors (Lipinski definition) is 0. The van der Waals surface area contributed by atoms with Crippen LogP contribution >= 0.6 is 0 Å². The molecule has 0 amide bonds. The van der Waals surface area contributed by atoms with Crippen molar-refractivity contribution in [2.24, 2.45) is 0 Å². The van der Waals surface area contributed by atoms with E-state index in [2.05, 4.69) is 11.1 Å². The Hall–Kier alpha value is -2.46. The molecule has 0 spiro atoms. The van der Waals surface area contributed by atoms with E-state index in [0.717, 1.165) is 0 Å². The van der Waals surface area contributed by atoms with Crippen LogP contribution in [0.3, 0.4) is 0 Å². The third kappa shape index (κ3) is 4.76. The van der Waals surface area contributed by atoms with Gasteiger partial charge >= 0.3 is 11.9 Å². The predicted octanol–water partition coefficient (Wildman–Crippen LogP) is 1.62. The summed E-state index contributed by atoms with van der Waals surface area (Å²) in [6.45, 7) is 3.86. The molecule has 23 heavy (non-hydrogen) atoms. The van der Waals surface area contributed by atoms with E-state index in [4.69, 9.17) is 14.2 Å². The summed E-state index contributed by atoms with van der Waals surface area (Å²) >= 11 is 0. The zero-order chi connectivity index (χ0) is 17.3. The quantitative estimate of drug-likeness (QED) is 0.671. The summed E-state index contributed by atoms with van der Waals surface area (Å²) in [6, 6.07) is 5.12. The lowest BCUT2D eigenvalue weighted by molar-refractivity contribution is -0.144. The second-order valence-corrected chi connectivity index (χ2v) is 4.76. The van der Waals surface area contributed by atoms with E-state index in [1.54, 1.807) is 13.8 Å². The highest BCUT2D eigenvalue weighted by Gasteiger charge is 2.37. The maximum Gasteiger partial charge on any atom is 0.339 e. The van der Waals surface area contributed by atoms with Gasteiger partial charge in [0.1, 0.15) is 5.41 Å². The van der Waals surface area contributed by atoms with Crippen LogP contribution < -0.4 is 0 Å². The average molecular weight is 320 g/mol. The van der Waals surface area contributed by atoms with Crippen LogP contribution in [0.25, 0.3) is 0 Å². The molecule has 1 unspecified atom stereocenters. The Balaban J connectivity index is 3.10. The van der Waals surface area contributed by atoms with Gasteiger partial charge in [0.25, 0.3) is 0 Å². The van der Waals surface area contributed by atoms with Crippen molar-refractivity contribution in [3.63, 3.8) is 0 Å². The van der Waals surface area contributed by atoms with Crippen molar-refractivity contribution in [2.45, 2.75) is 25.7 Å². The van der Waals surface area contributed by atoms with Gasteiger partial charge < -0.3 is 14.2 Å². The highest BCUT2D eigenvalue weighted by atomic mass is 16.5. The van der Waals surface area contributed by atoms with E-state index in [0.29, 0.717) is 5.69 Å². The summed E-state index contributed by atoms with van der Waals surface area (Å²) < 4.78 is 14.9. The van der Waals surface area contributed by atoms with Crippen LogP contribution in [0.4, 0.5) is 0 Å². The van der Waals surface area contributed by atoms with Crippen molar-refractivity contribution in [3.05, 3.63) is 29.6 Å². The van der Waals surface area contributed by atoms with E-state index in [1.165, 1.54) is 25.4 Å². The molecule has 7 heteroatoms. The summed E-state index contributed by atoms with van der Waals surface area (Å²) in [5.41, 5.74) is -0.660. The Bertz CT molecular complexity index is 579. The number of aromatic nitrogens is 1. The van der Waals surface area contributed by atoms with E-state index in [9.17, 15) is 14.9 Å². The van der Waals surface area contributed by atoms with Crippen molar-refractivity contribution in [2.75, 3.05) is 26.9 Å². The SMILES string of the molecule is CCOC(=O)CC(C#N)(COC)c1ccc(C(=O)OCC)cn1. The van der Waals surface area contributed by atoms with Gasteiger partial charge in [-0.1, -0.05) is 0 Å². The zero-order valence-electron chi connectivity index (χ0n) is 13.5. The van der Waals surface area contributed by atoms with E-state index < -0.39 is 17.4 Å². The van der Waals surface area contributed by atoms with E-state index >= 15 is 0 Å². The summed E-state index contributed by atoms with van der Waals surface area (Å²) in [7, 11) is 1.43. The van der Waals surface area contributed by atoms with Crippen LogP contribution in [0.5, 0.6) is 0 Å². The van der Waals surface area contributed by atoms with Gasteiger partial charge in [0.15, 0.2) is 0 Å². The molecule has 124 valence electrons. The minimum Gasteiger partial charge on any atom is -0.466 e. The van der Waals surface area contributed by atoms with Crippen LogP contribution in [0.15, 0.2) is 18.3 Å². The molecule has 0 bridgehead atoms. The van der Waals surface area contributed by atoms with Crippen LogP contribution in [0.2, 0.25) is 0 Å². The van der Waals surface area contributed by atoms with Crippen molar-refractivity contribution in [3.8, 4) is 6.07 Å². The maximum absolute atomic E-state index is 11.8. The van der Waals surface area contributed by atoms with E-state index in [1.807, 2.05) is 0 Å². The summed E-state index contributed by atoms with van der Waals surface area (Å²) in [5.74, 6) is -1.01. The third-order valence-electron chi connectivity index (χ3n) is 3.12. The summed E-state index contributed by atoms with van der Waals surface area (Å²) in [4.78, 5) is 27.6. The maximum atomic E-state index is 11.8. The van der Waals surface area contributed by atoms with Crippen molar-refractivity contribution in [1.29, 1.82) is 5.26 Å². The van der Waals surface area contributed by atoms with Crippen molar-refractivity contribution >= 4 is 11.9 Å². The summed E-state index contributed by atoms with van der Waals surface area (Å²) in [6.07, 6.45) is 1.14. The fourth-order valence-corrected chi connectivity index (χ4v) is 2.06. The molecule has 0 radical (unpaired) electrons. The highest BCUT2D eigenvalue weighted by molar-refractivity contribution is 5.89. The number of carbonyl (C=O) groups is 2. The van der Waals surface area contributed by atoms with Gasteiger partial charge in [0, 0.05) is 13.3 Å². The second-order valence-electron chi connectivity index (χ2n) is 4.76. The molecule has 0 aliphatic carbocycles. The van der Waals surface area contributed by atoms with Gasteiger partial charge in [0.05, 0.1) is 43.6 Å². The smallest absolute Gasteiger partial charge is 0.339 e. The fourth-order valence-electron chi connectivity index (χ4n) is 2.06. The first kappa shape index (κ1) is 18.6. The number of nitrogens with zero attached hydrogens (tertiary/aromatic N) is 2. The predicted molar refractivity (Wildman–Crippen MR) is 80.6 cm³/mol. The monoisotopic (exact) mass is 320 g/mol. The van der Waals surface area contributed by atoms with Crippen LogP contribution in [0, 0.1) is 11.3 Å². The number of hydrogen-bond acceptors (Lipinski definition) is 7. The number of methoxy groups -OCH3 is 1. The molecule has 0 aromatic carbocycles. The van der Waals surface area contributed by atoms with Crippen LogP contribution in [-0.4, -0.2) is 43.9 Å². The minimum absolute atomic E-state index is 0.0198. The number of nitriles is 1. The molecule has 0 aliphatic rings. The second kappa shape index (κ2) is 8.86. The molecule has 1 rings (SSSR count). The van der Waals surface area contributed by atoms with Gasteiger partial charge in [-0.3, -0.25) is 9.78 Å². The molecule has 7 nitrogen and oxygen atoms in total. The van der Waals surface area contributed by atoms with Gasteiger partial charge in [-0.2, -0.15) is 5.26 Å². The first-order chi connectivity index (χ1) is 11.0. The lowest BCUT2D eigenvalue weighted by atomic mass is 9.83. The Morgan fingerprint density at radius 2 is 1.96 bits per heavy atom.